The van der Waals surface area contributed by atoms with Crippen LogP contribution in [0.2, 0.25) is 0 Å². The van der Waals surface area contributed by atoms with Gasteiger partial charge in [-0.05, 0) is 26.7 Å². The van der Waals surface area contributed by atoms with E-state index in [1.54, 1.807) is 0 Å². The quantitative estimate of drug-likeness (QED) is 0.865. The maximum Gasteiger partial charge on any atom is 0.236 e. The number of piperazine rings is 1. The second kappa shape index (κ2) is 7.62. The third-order valence-electron chi connectivity index (χ3n) is 4.96. The zero-order valence-corrected chi connectivity index (χ0v) is 14.0. The summed E-state index contributed by atoms with van der Waals surface area (Å²) in [6.45, 7) is 7.83. The summed E-state index contributed by atoms with van der Waals surface area (Å²) in [5.41, 5.74) is 0.254. The molecule has 0 aromatic heterocycles. The molecule has 118 valence electrons. The minimum Gasteiger partial charge on any atom is -0.342 e. The molecule has 1 spiro atoms. The van der Waals surface area contributed by atoms with E-state index < -0.39 is 0 Å². The first kappa shape index (κ1) is 17.7. The summed E-state index contributed by atoms with van der Waals surface area (Å²) in [7, 11) is 1.92. The Morgan fingerprint density at radius 1 is 1.30 bits per heavy atom. The average molecular weight is 304 g/mol. The Bertz CT molecular complexity index is 308. The normalized spacial score (nSPS) is 22.6. The fraction of sp³-hybridized carbons (Fsp3) is 0.933. The van der Waals surface area contributed by atoms with Gasteiger partial charge in [0.1, 0.15) is 0 Å². The molecule has 2 fully saturated rings. The summed E-state index contributed by atoms with van der Waals surface area (Å²) in [5.74, 6) is 0.266. The average Bonchev–Trinajstić information content (AvgIpc) is 2.41. The molecule has 1 amide bonds. The number of carbonyl (C=O) groups excluding carboxylic acids is 1. The van der Waals surface area contributed by atoms with Crippen LogP contribution in [0.15, 0.2) is 0 Å². The van der Waals surface area contributed by atoms with Gasteiger partial charge in [-0.2, -0.15) is 0 Å². The predicted octanol–water partition coefficient (Wildman–Crippen LogP) is 1.88. The monoisotopic (exact) mass is 303 g/mol. The minimum absolute atomic E-state index is 0. The third kappa shape index (κ3) is 3.86. The molecular weight excluding hydrogens is 274 g/mol. The summed E-state index contributed by atoms with van der Waals surface area (Å²) < 4.78 is 0. The van der Waals surface area contributed by atoms with E-state index in [1.807, 2.05) is 11.9 Å². The van der Waals surface area contributed by atoms with Crippen LogP contribution in [-0.4, -0.2) is 60.5 Å². The van der Waals surface area contributed by atoms with Crippen molar-refractivity contribution in [2.45, 2.75) is 57.5 Å². The van der Waals surface area contributed by atoms with Crippen molar-refractivity contribution >= 4 is 18.3 Å². The van der Waals surface area contributed by atoms with Crippen molar-refractivity contribution < 1.29 is 4.79 Å². The molecule has 0 bridgehead atoms. The van der Waals surface area contributed by atoms with E-state index in [0.29, 0.717) is 6.54 Å². The molecule has 0 atom stereocenters. The molecule has 0 aromatic rings. The van der Waals surface area contributed by atoms with Gasteiger partial charge in [-0.1, -0.05) is 19.3 Å². The maximum atomic E-state index is 12.3. The van der Waals surface area contributed by atoms with Gasteiger partial charge in [0.25, 0.3) is 0 Å². The third-order valence-corrected chi connectivity index (χ3v) is 4.96. The highest BCUT2D eigenvalue weighted by atomic mass is 35.5. The van der Waals surface area contributed by atoms with Gasteiger partial charge < -0.3 is 10.2 Å². The molecule has 1 aliphatic carbocycles. The van der Waals surface area contributed by atoms with Crippen LogP contribution >= 0.6 is 12.4 Å². The van der Waals surface area contributed by atoms with Crippen LogP contribution < -0.4 is 5.32 Å². The van der Waals surface area contributed by atoms with E-state index in [0.717, 1.165) is 19.6 Å². The number of amides is 1. The number of hydrogen-bond acceptors (Lipinski definition) is 3. The van der Waals surface area contributed by atoms with Gasteiger partial charge in [-0.15, -0.1) is 12.4 Å². The molecule has 1 N–H and O–H groups in total. The highest BCUT2D eigenvalue weighted by Crippen LogP contribution is 2.34. The van der Waals surface area contributed by atoms with Gasteiger partial charge >= 0.3 is 0 Å². The van der Waals surface area contributed by atoms with Crippen molar-refractivity contribution in [3.8, 4) is 0 Å². The van der Waals surface area contributed by atoms with Crippen LogP contribution in [-0.2, 0) is 4.79 Å². The van der Waals surface area contributed by atoms with Crippen molar-refractivity contribution in [1.29, 1.82) is 0 Å². The fourth-order valence-corrected chi connectivity index (χ4v) is 3.40. The fourth-order valence-electron chi connectivity index (χ4n) is 3.40. The molecule has 1 heterocycles. The highest BCUT2D eigenvalue weighted by Gasteiger charge is 2.40. The Hall–Kier alpha value is -0.320. The number of nitrogens with zero attached hydrogens (tertiary/aromatic N) is 2. The number of rotatable bonds is 3. The molecule has 5 heteroatoms. The number of halogens is 1. The van der Waals surface area contributed by atoms with E-state index in [2.05, 4.69) is 24.1 Å². The summed E-state index contributed by atoms with van der Waals surface area (Å²) in [5, 5.41) is 3.53. The van der Waals surface area contributed by atoms with Gasteiger partial charge in [-0.3, -0.25) is 9.69 Å². The van der Waals surface area contributed by atoms with Crippen LogP contribution in [0.1, 0.15) is 46.0 Å². The molecule has 0 aromatic carbocycles. The smallest absolute Gasteiger partial charge is 0.236 e. The van der Waals surface area contributed by atoms with Crippen molar-refractivity contribution in [2.75, 3.05) is 33.2 Å². The molecule has 1 saturated carbocycles. The molecule has 0 radical (unpaired) electrons. The lowest BCUT2D eigenvalue weighted by Gasteiger charge is -2.50. The van der Waals surface area contributed by atoms with Crippen LogP contribution in [0, 0.1) is 0 Å². The highest BCUT2D eigenvalue weighted by molar-refractivity contribution is 5.85. The number of likely N-dealkylation sites (N-methyl/N-ethyl adjacent to an activating group) is 1. The zero-order chi connectivity index (χ0) is 13.9. The Kier molecular flexibility index (Phi) is 6.76. The summed E-state index contributed by atoms with van der Waals surface area (Å²) in [6.07, 6.45) is 6.48. The maximum absolute atomic E-state index is 12.3. The van der Waals surface area contributed by atoms with E-state index in [-0.39, 0.29) is 29.9 Å². The lowest BCUT2D eigenvalue weighted by Crippen LogP contribution is -2.63. The summed E-state index contributed by atoms with van der Waals surface area (Å²) in [4.78, 5) is 16.7. The minimum atomic E-state index is 0. The van der Waals surface area contributed by atoms with Crippen LogP contribution in [0.5, 0.6) is 0 Å². The Labute approximate surface area is 129 Å². The lowest BCUT2D eigenvalue weighted by molar-refractivity contribution is -0.135. The van der Waals surface area contributed by atoms with E-state index in [1.165, 1.54) is 32.1 Å². The predicted molar refractivity (Wildman–Crippen MR) is 85.4 cm³/mol. The zero-order valence-electron chi connectivity index (χ0n) is 13.2. The first-order chi connectivity index (χ1) is 9.05. The molecule has 1 saturated heterocycles. The Balaban J connectivity index is 0.00000200. The van der Waals surface area contributed by atoms with Gasteiger partial charge in [0.05, 0.1) is 6.54 Å². The van der Waals surface area contributed by atoms with E-state index >= 15 is 0 Å². The van der Waals surface area contributed by atoms with Gasteiger partial charge in [-0.25, -0.2) is 0 Å². The Morgan fingerprint density at radius 2 is 1.95 bits per heavy atom. The van der Waals surface area contributed by atoms with Gasteiger partial charge in [0.15, 0.2) is 0 Å². The second-order valence-electron chi connectivity index (χ2n) is 6.48. The van der Waals surface area contributed by atoms with Crippen molar-refractivity contribution in [3.05, 3.63) is 0 Å². The van der Waals surface area contributed by atoms with E-state index in [4.69, 9.17) is 0 Å². The largest absolute Gasteiger partial charge is 0.342 e. The van der Waals surface area contributed by atoms with E-state index in [9.17, 15) is 4.79 Å². The van der Waals surface area contributed by atoms with Crippen LogP contribution in [0.25, 0.3) is 0 Å². The molecular formula is C15H30ClN3O. The van der Waals surface area contributed by atoms with Crippen LogP contribution in [0.3, 0.4) is 0 Å². The number of hydrogen-bond donors (Lipinski definition) is 1. The molecule has 2 aliphatic rings. The van der Waals surface area contributed by atoms with Crippen molar-refractivity contribution in [3.63, 3.8) is 0 Å². The summed E-state index contributed by atoms with van der Waals surface area (Å²) in [6, 6.07) is 0.290. The first-order valence-corrected chi connectivity index (χ1v) is 7.77. The van der Waals surface area contributed by atoms with Crippen molar-refractivity contribution in [1.82, 2.24) is 15.1 Å². The number of carbonyl (C=O) groups is 1. The second-order valence-corrected chi connectivity index (χ2v) is 6.48. The molecule has 2 rings (SSSR count). The Morgan fingerprint density at radius 3 is 2.55 bits per heavy atom. The molecule has 4 nitrogen and oxygen atoms in total. The standard InChI is InChI=1S/C15H29N3O.ClH/c1-13(2)17(3)14(19)11-18-10-9-16-12-15(18)7-5-4-6-8-15;/h13,16H,4-12H2,1-3H3;1H. The molecule has 1 aliphatic heterocycles. The molecule has 0 unspecified atom stereocenters. The van der Waals surface area contributed by atoms with Crippen LogP contribution in [0.4, 0.5) is 0 Å². The topological polar surface area (TPSA) is 35.6 Å². The van der Waals surface area contributed by atoms with Crippen molar-refractivity contribution in [2.24, 2.45) is 0 Å². The molecule has 20 heavy (non-hydrogen) atoms. The number of nitrogens with one attached hydrogen (secondary N) is 1. The van der Waals surface area contributed by atoms with Gasteiger partial charge in [0.2, 0.25) is 5.91 Å². The summed E-state index contributed by atoms with van der Waals surface area (Å²) >= 11 is 0. The van der Waals surface area contributed by atoms with Gasteiger partial charge in [0, 0.05) is 38.3 Å². The first-order valence-electron chi connectivity index (χ1n) is 7.77. The SMILES string of the molecule is CC(C)N(C)C(=O)CN1CCNCC12CCCCC2.Cl. The lowest BCUT2D eigenvalue weighted by atomic mass is 9.79.